The largest absolute Gasteiger partial charge is 0.476 e. The van der Waals surface area contributed by atoms with Gasteiger partial charge in [-0.3, -0.25) is 0 Å². The number of carbonyl (C=O) groups is 1. The highest BCUT2D eigenvalue weighted by Gasteiger charge is 2.22. The summed E-state index contributed by atoms with van der Waals surface area (Å²) in [6.07, 6.45) is 4.49. The smallest absolute Gasteiger partial charge is 0.358 e. The fraction of sp³-hybridized carbons (Fsp3) is 0.438. The number of carboxylic acids is 1. The van der Waals surface area contributed by atoms with Crippen LogP contribution in [0.1, 0.15) is 43.1 Å². The second kappa shape index (κ2) is 5.68. The predicted octanol–water partition coefficient (Wildman–Crippen LogP) is 3.32. The monoisotopic (exact) mass is 285 g/mol. The molecule has 110 valence electrons. The number of hydrogen-bond acceptors (Lipinski definition) is 4. The van der Waals surface area contributed by atoms with Crippen LogP contribution in [0.15, 0.2) is 24.3 Å². The van der Waals surface area contributed by atoms with Gasteiger partial charge in [-0.2, -0.15) is 0 Å². The maximum absolute atomic E-state index is 11.4. The zero-order valence-electron chi connectivity index (χ0n) is 12.0. The quantitative estimate of drug-likeness (QED) is 0.904. The van der Waals surface area contributed by atoms with Crippen LogP contribution >= 0.6 is 0 Å². The van der Waals surface area contributed by atoms with Crippen molar-refractivity contribution in [3.05, 3.63) is 30.0 Å². The molecule has 0 aliphatic heterocycles. The van der Waals surface area contributed by atoms with Gasteiger partial charge < -0.3 is 10.4 Å². The lowest BCUT2D eigenvalue weighted by atomic mass is 9.87. The third kappa shape index (κ3) is 2.82. The van der Waals surface area contributed by atoms with Crippen molar-refractivity contribution in [3.8, 4) is 0 Å². The number of benzene rings is 1. The molecule has 5 nitrogen and oxygen atoms in total. The molecule has 3 rings (SSSR count). The summed E-state index contributed by atoms with van der Waals surface area (Å²) in [4.78, 5) is 11.4. The summed E-state index contributed by atoms with van der Waals surface area (Å²) in [5, 5.41) is 21.5. The van der Waals surface area contributed by atoms with E-state index in [-0.39, 0.29) is 5.69 Å². The molecule has 0 radical (unpaired) electrons. The lowest BCUT2D eigenvalue weighted by molar-refractivity contribution is 0.0690. The van der Waals surface area contributed by atoms with Gasteiger partial charge in [0.15, 0.2) is 5.69 Å². The van der Waals surface area contributed by atoms with Crippen LogP contribution in [0, 0.1) is 5.92 Å². The number of rotatable bonds is 3. The molecule has 1 aliphatic carbocycles. The van der Waals surface area contributed by atoms with Gasteiger partial charge in [-0.25, -0.2) is 4.79 Å². The van der Waals surface area contributed by atoms with Gasteiger partial charge in [0.05, 0.1) is 11.2 Å². The second-order valence-electron chi connectivity index (χ2n) is 5.85. The molecule has 2 N–H and O–H groups in total. The van der Waals surface area contributed by atoms with Crippen LogP contribution in [0.3, 0.4) is 0 Å². The van der Waals surface area contributed by atoms with Crippen molar-refractivity contribution < 1.29 is 9.90 Å². The van der Waals surface area contributed by atoms with Gasteiger partial charge in [-0.1, -0.05) is 25.1 Å². The zero-order chi connectivity index (χ0) is 14.8. The van der Waals surface area contributed by atoms with Crippen LogP contribution in [-0.4, -0.2) is 27.3 Å². The average molecular weight is 285 g/mol. The second-order valence-corrected chi connectivity index (χ2v) is 5.85. The molecule has 2 aromatic rings. The van der Waals surface area contributed by atoms with Crippen LogP contribution in [-0.2, 0) is 0 Å². The highest BCUT2D eigenvalue weighted by Crippen LogP contribution is 2.30. The first-order valence-corrected chi connectivity index (χ1v) is 7.40. The van der Waals surface area contributed by atoms with E-state index in [1.54, 1.807) is 0 Å². The summed E-state index contributed by atoms with van der Waals surface area (Å²) in [7, 11) is 0. The molecule has 0 saturated heterocycles. The van der Waals surface area contributed by atoms with Crippen LogP contribution in [0.5, 0.6) is 0 Å². The first-order chi connectivity index (χ1) is 10.1. The van der Waals surface area contributed by atoms with Crippen LogP contribution < -0.4 is 5.32 Å². The topological polar surface area (TPSA) is 75.1 Å². The van der Waals surface area contributed by atoms with Crippen molar-refractivity contribution in [2.75, 3.05) is 5.32 Å². The van der Waals surface area contributed by atoms with Gasteiger partial charge in [-0.05, 0) is 37.7 Å². The molecular weight excluding hydrogens is 266 g/mol. The van der Waals surface area contributed by atoms with E-state index in [0.29, 0.717) is 17.2 Å². The van der Waals surface area contributed by atoms with Crippen molar-refractivity contribution in [3.63, 3.8) is 0 Å². The highest BCUT2D eigenvalue weighted by molar-refractivity contribution is 6.02. The van der Waals surface area contributed by atoms with E-state index in [0.717, 1.165) is 24.1 Å². The zero-order valence-corrected chi connectivity index (χ0v) is 12.0. The lowest BCUT2D eigenvalue weighted by Crippen LogP contribution is -2.26. The molecule has 0 atom stereocenters. The molecule has 0 amide bonds. The fourth-order valence-electron chi connectivity index (χ4n) is 2.96. The van der Waals surface area contributed by atoms with Gasteiger partial charge in [-0.15, -0.1) is 10.2 Å². The molecule has 0 unspecified atom stereocenters. The summed E-state index contributed by atoms with van der Waals surface area (Å²) in [6, 6.07) is 7.83. The van der Waals surface area contributed by atoms with Crippen molar-refractivity contribution in [1.29, 1.82) is 0 Å². The number of hydrogen-bond donors (Lipinski definition) is 2. The van der Waals surface area contributed by atoms with E-state index < -0.39 is 5.97 Å². The number of nitrogens with one attached hydrogen (secondary N) is 1. The Morgan fingerprint density at radius 2 is 1.90 bits per heavy atom. The van der Waals surface area contributed by atoms with Crippen LogP contribution in [0.25, 0.3) is 10.9 Å². The minimum absolute atomic E-state index is 0.00678. The summed E-state index contributed by atoms with van der Waals surface area (Å²) in [5.41, 5.74) is 1.33. The molecule has 1 fully saturated rings. The number of anilines is 1. The number of nitrogens with zero attached hydrogens (tertiary/aromatic N) is 2. The average Bonchev–Trinajstić information content (AvgIpc) is 2.49. The summed E-state index contributed by atoms with van der Waals surface area (Å²) < 4.78 is 0. The first-order valence-electron chi connectivity index (χ1n) is 7.40. The third-order valence-electron chi connectivity index (χ3n) is 4.23. The van der Waals surface area contributed by atoms with Gasteiger partial charge in [0.1, 0.15) is 0 Å². The third-order valence-corrected chi connectivity index (χ3v) is 4.23. The molecular formula is C16H19N3O2. The Labute approximate surface area is 123 Å². The van der Waals surface area contributed by atoms with Gasteiger partial charge >= 0.3 is 5.97 Å². The number of aromatic carboxylic acids is 1. The van der Waals surface area contributed by atoms with Gasteiger partial charge in [0.25, 0.3) is 0 Å². The summed E-state index contributed by atoms with van der Waals surface area (Å²) in [5.74, 6) is -0.283. The minimum atomic E-state index is -1.04. The van der Waals surface area contributed by atoms with E-state index in [9.17, 15) is 9.90 Å². The minimum Gasteiger partial charge on any atom is -0.476 e. The standard InChI is InChI=1S/C16H19N3O2/c1-10-6-8-11(9-7-10)17-14-12-4-2-3-5-13(12)18-19-15(14)16(20)21/h2-5,10-11H,6-9H2,1H3,(H,17,18)(H,20,21). The van der Waals surface area contributed by atoms with Gasteiger partial charge in [0, 0.05) is 11.4 Å². The van der Waals surface area contributed by atoms with E-state index in [4.69, 9.17) is 0 Å². The fourth-order valence-corrected chi connectivity index (χ4v) is 2.96. The molecule has 21 heavy (non-hydrogen) atoms. The van der Waals surface area contributed by atoms with Crippen molar-refractivity contribution in [2.45, 2.75) is 38.6 Å². The van der Waals surface area contributed by atoms with Crippen molar-refractivity contribution >= 4 is 22.6 Å². The van der Waals surface area contributed by atoms with Crippen LogP contribution in [0.4, 0.5) is 5.69 Å². The Morgan fingerprint density at radius 1 is 1.19 bits per heavy atom. The molecule has 1 saturated carbocycles. The number of carboxylic acid groups (broad SMARTS) is 1. The van der Waals surface area contributed by atoms with Crippen LogP contribution in [0.2, 0.25) is 0 Å². The van der Waals surface area contributed by atoms with E-state index in [1.165, 1.54) is 12.8 Å². The summed E-state index contributed by atoms with van der Waals surface area (Å²) in [6.45, 7) is 2.27. The Kier molecular flexibility index (Phi) is 3.73. The molecule has 0 bridgehead atoms. The van der Waals surface area contributed by atoms with E-state index in [2.05, 4.69) is 22.4 Å². The van der Waals surface area contributed by atoms with Crippen molar-refractivity contribution in [2.24, 2.45) is 5.92 Å². The van der Waals surface area contributed by atoms with Crippen molar-refractivity contribution in [1.82, 2.24) is 10.2 Å². The Balaban J connectivity index is 1.98. The van der Waals surface area contributed by atoms with E-state index >= 15 is 0 Å². The Bertz CT molecular complexity index is 664. The SMILES string of the molecule is CC1CCC(Nc2c(C(=O)O)nnc3ccccc23)CC1. The molecule has 1 heterocycles. The normalized spacial score (nSPS) is 22.1. The van der Waals surface area contributed by atoms with Gasteiger partial charge in [0.2, 0.25) is 0 Å². The first kappa shape index (κ1) is 13.8. The molecule has 5 heteroatoms. The predicted molar refractivity (Wildman–Crippen MR) is 81.5 cm³/mol. The maximum Gasteiger partial charge on any atom is 0.358 e. The maximum atomic E-state index is 11.4. The molecule has 1 aromatic carbocycles. The molecule has 1 aromatic heterocycles. The Hall–Kier alpha value is -2.17. The summed E-state index contributed by atoms with van der Waals surface area (Å²) >= 11 is 0. The number of aromatic nitrogens is 2. The molecule has 0 spiro atoms. The Morgan fingerprint density at radius 3 is 2.62 bits per heavy atom. The molecule has 1 aliphatic rings. The van der Waals surface area contributed by atoms with E-state index in [1.807, 2.05) is 24.3 Å². The number of fused-ring (bicyclic) bond motifs is 1. The lowest BCUT2D eigenvalue weighted by Gasteiger charge is -2.28. The highest BCUT2D eigenvalue weighted by atomic mass is 16.4.